The number of benzene rings is 1. The van der Waals surface area contributed by atoms with Crippen molar-refractivity contribution >= 4 is 35.1 Å². The Morgan fingerprint density at radius 1 is 1.26 bits per heavy atom. The van der Waals surface area contributed by atoms with Gasteiger partial charge in [0.2, 0.25) is 11.8 Å². The number of halogens is 2. The molecule has 0 unspecified atom stereocenters. The first-order valence-corrected chi connectivity index (χ1v) is 5.78. The highest BCUT2D eigenvalue weighted by atomic mass is 35.5. The quantitative estimate of drug-likeness (QED) is 0.803. The van der Waals surface area contributed by atoms with Gasteiger partial charge < -0.3 is 0 Å². The fraction of sp³-hybridized carbons (Fsp3) is 0.250. The third-order valence-electron chi connectivity index (χ3n) is 2.88. The molecule has 1 aromatic rings. The molecule has 19 heavy (non-hydrogen) atoms. The van der Waals surface area contributed by atoms with Crippen molar-refractivity contribution in [3.8, 4) is 0 Å². The van der Waals surface area contributed by atoms with Crippen LogP contribution in [-0.2, 0) is 9.59 Å². The zero-order valence-corrected chi connectivity index (χ0v) is 10.9. The van der Waals surface area contributed by atoms with Gasteiger partial charge in [0.15, 0.2) is 0 Å². The second kappa shape index (κ2) is 4.31. The van der Waals surface area contributed by atoms with Crippen molar-refractivity contribution in [2.45, 2.75) is 13.8 Å². The van der Waals surface area contributed by atoms with Crippen LogP contribution in [0.5, 0.6) is 0 Å². The molecule has 1 heterocycles. The van der Waals surface area contributed by atoms with Gasteiger partial charge in [-0.15, -0.1) is 0 Å². The minimum absolute atomic E-state index is 0.0371. The maximum Gasteiger partial charge on any atom is 0.335 e. The van der Waals surface area contributed by atoms with Crippen LogP contribution in [0.1, 0.15) is 13.8 Å². The third-order valence-corrected chi connectivity index (χ3v) is 3.20. The first kappa shape index (κ1) is 13.5. The standard InChI is InChI=1S/C12H10ClFN2O3/c1-12(2)9(17)15-11(19)16(10(12)18)8-5-6(14)3-4-7(8)13/h3-5H,1-2H3,(H,15,17,19). The van der Waals surface area contributed by atoms with Crippen molar-refractivity contribution in [3.05, 3.63) is 29.0 Å². The summed E-state index contributed by atoms with van der Waals surface area (Å²) in [6.45, 7) is 2.74. The maximum atomic E-state index is 13.2. The first-order chi connectivity index (χ1) is 8.75. The van der Waals surface area contributed by atoms with Crippen LogP contribution in [-0.4, -0.2) is 17.8 Å². The van der Waals surface area contributed by atoms with E-state index in [1.807, 2.05) is 5.32 Å². The number of rotatable bonds is 1. The molecule has 5 nitrogen and oxygen atoms in total. The summed E-state index contributed by atoms with van der Waals surface area (Å²) in [5, 5.41) is 2.08. The predicted molar refractivity (Wildman–Crippen MR) is 66.2 cm³/mol. The molecule has 1 aliphatic rings. The van der Waals surface area contributed by atoms with Crippen molar-refractivity contribution < 1.29 is 18.8 Å². The molecule has 0 spiro atoms. The van der Waals surface area contributed by atoms with Crippen LogP contribution < -0.4 is 10.2 Å². The highest BCUT2D eigenvalue weighted by Gasteiger charge is 2.48. The molecule has 4 amide bonds. The van der Waals surface area contributed by atoms with E-state index in [0.29, 0.717) is 4.90 Å². The van der Waals surface area contributed by atoms with Gasteiger partial charge in [0.05, 0.1) is 10.7 Å². The fourth-order valence-corrected chi connectivity index (χ4v) is 1.86. The van der Waals surface area contributed by atoms with Crippen LogP contribution in [0.2, 0.25) is 5.02 Å². The molecule has 0 bridgehead atoms. The molecule has 0 aliphatic carbocycles. The van der Waals surface area contributed by atoms with E-state index in [9.17, 15) is 18.8 Å². The molecule has 1 fully saturated rings. The molecule has 100 valence electrons. The summed E-state index contributed by atoms with van der Waals surface area (Å²) in [6.07, 6.45) is 0. The van der Waals surface area contributed by atoms with Crippen LogP contribution in [0.15, 0.2) is 18.2 Å². The molecule has 0 aromatic heterocycles. The summed E-state index contributed by atoms with van der Waals surface area (Å²) >= 11 is 5.86. The van der Waals surface area contributed by atoms with Crippen molar-refractivity contribution in [2.24, 2.45) is 5.41 Å². The van der Waals surface area contributed by atoms with E-state index in [1.165, 1.54) is 19.9 Å². The topological polar surface area (TPSA) is 66.5 Å². The number of hydrogen-bond acceptors (Lipinski definition) is 3. The largest absolute Gasteiger partial charge is 0.335 e. The second-order valence-electron chi connectivity index (χ2n) is 4.62. The normalized spacial score (nSPS) is 18.5. The van der Waals surface area contributed by atoms with Crippen molar-refractivity contribution in [1.29, 1.82) is 0 Å². The van der Waals surface area contributed by atoms with E-state index in [4.69, 9.17) is 11.6 Å². The highest BCUT2D eigenvalue weighted by Crippen LogP contribution is 2.32. The Kier molecular flexibility index (Phi) is 3.06. The molecule has 0 atom stereocenters. The van der Waals surface area contributed by atoms with Gasteiger partial charge in [0.1, 0.15) is 11.2 Å². The fourth-order valence-electron chi connectivity index (χ4n) is 1.65. The Bertz CT molecular complexity index is 601. The lowest BCUT2D eigenvalue weighted by Crippen LogP contribution is -2.62. The number of anilines is 1. The molecular formula is C12H10ClFN2O3. The number of nitrogens with zero attached hydrogens (tertiary/aromatic N) is 1. The zero-order valence-electron chi connectivity index (χ0n) is 10.2. The number of hydrogen-bond donors (Lipinski definition) is 1. The molecule has 1 aliphatic heterocycles. The van der Waals surface area contributed by atoms with Crippen LogP contribution >= 0.6 is 11.6 Å². The number of amides is 4. The summed E-state index contributed by atoms with van der Waals surface area (Å²) in [5.41, 5.74) is -1.52. The van der Waals surface area contributed by atoms with Gasteiger partial charge in [-0.05, 0) is 32.0 Å². The van der Waals surface area contributed by atoms with Gasteiger partial charge in [-0.2, -0.15) is 0 Å². The van der Waals surface area contributed by atoms with Gasteiger partial charge in [-0.1, -0.05) is 11.6 Å². The van der Waals surface area contributed by atoms with E-state index in [-0.39, 0.29) is 10.7 Å². The van der Waals surface area contributed by atoms with E-state index >= 15 is 0 Å². The van der Waals surface area contributed by atoms with E-state index < -0.39 is 29.1 Å². The van der Waals surface area contributed by atoms with E-state index in [1.54, 1.807) is 0 Å². The van der Waals surface area contributed by atoms with Crippen LogP contribution in [0, 0.1) is 11.2 Å². The average molecular weight is 285 g/mol. The molecule has 1 saturated heterocycles. The Morgan fingerprint density at radius 3 is 2.53 bits per heavy atom. The summed E-state index contributed by atoms with van der Waals surface area (Å²) in [5.74, 6) is -2.10. The Morgan fingerprint density at radius 2 is 1.89 bits per heavy atom. The van der Waals surface area contributed by atoms with Gasteiger partial charge in [0.25, 0.3) is 0 Å². The number of imide groups is 2. The minimum atomic E-state index is -1.43. The molecule has 1 aromatic carbocycles. The minimum Gasteiger partial charge on any atom is -0.276 e. The van der Waals surface area contributed by atoms with Crippen molar-refractivity contribution in [3.63, 3.8) is 0 Å². The van der Waals surface area contributed by atoms with Crippen LogP contribution in [0.4, 0.5) is 14.9 Å². The van der Waals surface area contributed by atoms with Gasteiger partial charge in [-0.25, -0.2) is 14.1 Å². The molecule has 0 radical (unpaired) electrons. The summed E-state index contributed by atoms with van der Waals surface area (Å²) in [4.78, 5) is 36.2. The number of urea groups is 1. The lowest BCUT2D eigenvalue weighted by atomic mass is 9.88. The maximum absolute atomic E-state index is 13.2. The smallest absolute Gasteiger partial charge is 0.276 e. The van der Waals surface area contributed by atoms with Crippen LogP contribution in [0.25, 0.3) is 0 Å². The molecule has 0 saturated carbocycles. The van der Waals surface area contributed by atoms with Gasteiger partial charge in [0, 0.05) is 0 Å². The van der Waals surface area contributed by atoms with Crippen LogP contribution in [0.3, 0.4) is 0 Å². The van der Waals surface area contributed by atoms with Gasteiger partial charge in [-0.3, -0.25) is 14.9 Å². The Hall–Kier alpha value is -1.95. The Labute approximate surface area is 113 Å². The predicted octanol–water partition coefficient (Wildman–Crippen LogP) is 2.09. The van der Waals surface area contributed by atoms with Crippen molar-refractivity contribution in [1.82, 2.24) is 5.32 Å². The summed E-state index contributed by atoms with van der Waals surface area (Å²) in [7, 11) is 0. The molecular weight excluding hydrogens is 275 g/mol. The molecule has 7 heteroatoms. The monoisotopic (exact) mass is 284 g/mol. The highest BCUT2D eigenvalue weighted by molar-refractivity contribution is 6.37. The zero-order chi connectivity index (χ0) is 14.4. The number of nitrogens with one attached hydrogen (secondary N) is 1. The lowest BCUT2D eigenvalue weighted by Gasteiger charge is -2.34. The van der Waals surface area contributed by atoms with Gasteiger partial charge >= 0.3 is 6.03 Å². The Balaban J connectivity index is 2.55. The number of carbonyl (C=O) groups is 3. The SMILES string of the molecule is CC1(C)C(=O)NC(=O)N(c2cc(F)ccc2Cl)C1=O. The summed E-state index contributed by atoms with van der Waals surface area (Å²) in [6, 6.07) is 2.36. The van der Waals surface area contributed by atoms with E-state index in [2.05, 4.69) is 0 Å². The number of carbonyl (C=O) groups excluding carboxylic acids is 3. The molecule has 1 N–H and O–H groups in total. The third kappa shape index (κ3) is 2.08. The lowest BCUT2D eigenvalue weighted by molar-refractivity contribution is -0.140. The first-order valence-electron chi connectivity index (χ1n) is 5.40. The average Bonchev–Trinajstić information content (AvgIpc) is 2.32. The van der Waals surface area contributed by atoms with Crippen molar-refractivity contribution in [2.75, 3.05) is 4.90 Å². The van der Waals surface area contributed by atoms with E-state index in [0.717, 1.165) is 12.1 Å². The number of barbiturate groups is 1. The molecule has 2 rings (SSSR count). The second-order valence-corrected chi connectivity index (χ2v) is 5.03. The summed E-state index contributed by atoms with van der Waals surface area (Å²) < 4.78 is 13.2.